The zero-order valence-corrected chi connectivity index (χ0v) is 27.6. The summed E-state index contributed by atoms with van der Waals surface area (Å²) in [7, 11) is 0. The van der Waals surface area contributed by atoms with E-state index in [4.69, 9.17) is 9.47 Å². The molecule has 1 aromatic carbocycles. The van der Waals surface area contributed by atoms with E-state index in [0.29, 0.717) is 46.6 Å². The van der Waals surface area contributed by atoms with Crippen LogP contribution in [-0.4, -0.2) is 58.2 Å². The van der Waals surface area contributed by atoms with Crippen molar-refractivity contribution in [3.05, 3.63) is 27.5 Å². The van der Waals surface area contributed by atoms with Crippen molar-refractivity contribution in [2.45, 2.75) is 96.0 Å². The zero-order chi connectivity index (χ0) is 31.1. The van der Waals surface area contributed by atoms with Crippen molar-refractivity contribution in [2.75, 3.05) is 17.7 Å². The molecule has 1 aliphatic carbocycles. The van der Waals surface area contributed by atoms with E-state index in [2.05, 4.69) is 38.8 Å². The van der Waals surface area contributed by atoms with Crippen LogP contribution in [0.25, 0.3) is 10.9 Å². The Bertz CT molecular complexity index is 1530. The summed E-state index contributed by atoms with van der Waals surface area (Å²) in [5, 5.41) is 10.1. The fourth-order valence-electron chi connectivity index (χ4n) is 5.54. The van der Waals surface area contributed by atoms with E-state index in [0.717, 1.165) is 0 Å². The highest BCUT2D eigenvalue weighted by Crippen LogP contribution is 2.49. The van der Waals surface area contributed by atoms with Crippen molar-refractivity contribution in [3.63, 3.8) is 0 Å². The number of carbonyl (C=O) groups excluding carboxylic acids is 2. The number of pyridine rings is 1. The lowest BCUT2D eigenvalue weighted by Gasteiger charge is -2.44. The fraction of sp³-hybridized carbons (Fsp3) is 0.548. The van der Waals surface area contributed by atoms with Crippen LogP contribution in [0, 0.1) is 34.9 Å². The van der Waals surface area contributed by atoms with E-state index in [-0.39, 0.29) is 28.4 Å². The number of ether oxygens (including phenoxy) is 2. The second kappa shape index (κ2) is 11.9. The van der Waals surface area contributed by atoms with Crippen LogP contribution in [0.5, 0.6) is 0 Å². The molecular weight excluding hydrogens is 623 g/mol. The van der Waals surface area contributed by atoms with Gasteiger partial charge in [-0.25, -0.2) is 19.0 Å². The predicted molar refractivity (Wildman–Crippen MR) is 165 cm³/mol. The van der Waals surface area contributed by atoms with Crippen molar-refractivity contribution in [1.29, 1.82) is 5.26 Å². The van der Waals surface area contributed by atoms with Gasteiger partial charge >= 0.3 is 12.2 Å². The smallest absolute Gasteiger partial charge is 0.415 e. The van der Waals surface area contributed by atoms with E-state index in [1.807, 2.05) is 27.0 Å². The molecule has 2 aromatic rings. The first-order valence-electron chi connectivity index (χ1n) is 13.8. The standard InChI is InChI=1S/C31H36BrFN4O4S/c1-9-11-19-26(20-14-17(12-10-13-34)22(32)23(33)24(20)35-27(19)42-8)37(29(39)41-31(5,6)7)25-18-15-21(25)36(16-18)28(38)40-30(2,3)4/h14,18,21,25H,10,12,15-16H2,1-8H3/t18-,21-,25+/m1/s1. The normalized spacial score (nSPS) is 19.5. The summed E-state index contributed by atoms with van der Waals surface area (Å²) < 4.78 is 27.8. The van der Waals surface area contributed by atoms with Gasteiger partial charge in [-0.1, -0.05) is 5.92 Å². The number of hydrogen-bond donors (Lipinski definition) is 0. The van der Waals surface area contributed by atoms with Gasteiger partial charge < -0.3 is 14.4 Å². The highest BCUT2D eigenvalue weighted by atomic mass is 79.9. The maximum atomic E-state index is 16.0. The molecule has 0 unspecified atom stereocenters. The molecule has 3 fully saturated rings. The second-order valence-corrected chi connectivity index (χ2v) is 14.1. The first-order valence-corrected chi connectivity index (χ1v) is 15.8. The summed E-state index contributed by atoms with van der Waals surface area (Å²) in [6.45, 7) is 12.9. The molecule has 3 aliphatic rings. The zero-order valence-electron chi connectivity index (χ0n) is 25.2. The maximum absolute atomic E-state index is 16.0. The van der Waals surface area contributed by atoms with Crippen molar-refractivity contribution < 1.29 is 23.5 Å². The number of fused-ring (bicyclic) bond motifs is 2. The minimum atomic E-state index is -0.822. The average Bonchev–Trinajstić information content (AvgIpc) is 3.47. The molecule has 1 aromatic heterocycles. The highest BCUT2D eigenvalue weighted by molar-refractivity contribution is 9.10. The Labute approximate surface area is 259 Å². The van der Waals surface area contributed by atoms with Crippen molar-refractivity contribution in [1.82, 2.24) is 9.88 Å². The average molecular weight is 660 g/mol. The van der Waals surface area contributed by atoms with Gasteiger partial charge in [0.05, 0.1) is 33.9 Å². The van der Waals surface area contributed by atoms with Crippen molar-refractivity contribution in [3.8, 4) is 17.9 Å². The molecule has 2 saturated heterocycles. The number of carbonyl (C=O) groups is 2. The molecule has 5 rings (SSSR count). The summed E-state index contributed by atoms with van der Waals surface area (Å²) in [5.41, 5.74) is 0.0282. The quantitative estimate of drug-likeness (QED) is 0.243. The van der Waals surface area contributed by atoms with Gasteiger partial charge in [-0.15, -0.1) is 17.7 Å². The summed E-state index contributed by atoms with van der Waals surface area (Å²) in [6.07, 6.45) is 1.95. The van der Waals surface area contributed by atoms with Gasteiger partial charge in [0.15, 0.2) is 5.82 Å². The molecule has 8 nitrogen and oxygen atoms in total. The number of aryl methyl sites for hydroxylation is 1. The van der Waals surface area contributed by atoms with Crippen LogP contribution >= 0.6 is 27.7 Å². The molecule has 11 heteroatoms. The molecule has 42 heavy (non-hydrogen) atoms. The van der Waals surface area contributed by atoms with E-state index < -0.39 is 35.2 Å². The van der Waals surface area contributed by atoms with Crippen LogP contribution in [0.4, 0.5) is 19.7 Å². The number of aromatic nitrogens is 1. The molecule has 0 spiro atoms. The molecule has 2 bridgehead atoms. The number of thioether (sulfide) groups is 1. The summed E-state index contributed by atoms with van der Waals surface area (Å²) in [5.74, 6) is 5.44. The molecule has 224 valence electrons. The number of amides is 2. The lowest BCUT2D eigenvalue weighted by molar-refractivity contribution is 0.0216. The summed E-state index contributed by atoms with van der Waals surface area (Å²) in [6, 6.07) is 3.12. The molecule has 1 saturated carbocycles. The van der Waals surface area contributed by atoms with Crippen LogP contribution in [0.2, 0.25) is 0 Å². The third-order valence-electron chi connectivity index (χ3n) is 7.14. The molecule has 3 atom stereocenters. The minimum absolute atomic E-state index is 0.0447. The molecule has 0 N–H and O–H groups in total. The SMILES string of the molecule is CC#Cc1c(SC)nc2c(F)c(Br)c(CCC#N)cc2c1N(C(=O)OC(C)(C)C)[C@H]1[C@@H]2C[C@H]1N(C(=O)OC(C)(C)C)C2. The molecular formula is C31H36BrFN4O4S. The second-order valence-electron chi connectivity index (χ2n) is 12.5. The van der Waals surface area contributed by atoms with E-state index in [9.17, 15) is 14.9 Å². The fourth-order valence-corrected chi connectivity index (χ4v) is 6.57. The van der Waals surface area contributed by atoms with Crippen molar-refractivity contribution >= 4 is 56.5 Å². The first kappa shape index (κ1) is 31.9. The van der Waals surface area contributed by atoms with Crippen LogP contribution < -0.4 is 4.90 Å². The summed E-state index contributed by atoms with van der Waals surface area (Å²) in [4.78, 5) is 35.2. The minimum Gasteiger partial charge on any atom is -0.444 e. The Balaban J connectivity index is 1.99. The number of nitriles is 1. The van der Waals surface area contributed by atoms with E-state index in [1.54, 1.807) is 43.6 Å². The van der Waals surface area contributed by atoms with Crippen LogP contribution in [0.3, 0.4) is 0 Å². The van der Waals surface area contributed by atoms with Gasteiger partial charge in [-0.2, -0.15) is 5.26 Å². The van der Waals surface area contributed by atoms with E-state index >= 15 is 4.39 Å². The van der Waals surface area contributed by atoms with Crippen LogP contribution in [0.1, 0.15) is 72.4 Å². The number of rotatable bonds is 5. The van der Waals surface area contributed by atoms with Crippen LogP contribution in [0.15, 0.2) is 15.6 Å². The monoisotopic (exact) mass is 658 g/mol. The van der Waals surface area contributed by atoms with Gasteiger partial charge in [0, 0.05) is 24.3 Å². The number of hydrogen-bond acceptors (Lipinski definition) is 7. The predicted octanol–water partition coefficient (Wildman–Crippen LogP) is 7.44. The Morgan fingerprint density at radius 3 is 2.48 bits per heavy atom. The topological polar surface area (TPSA) is 95.8 Å². The summed E-state index contributed by atoms with van der Waals surface area (Å²) >= 11 is 4.67. The Hall–Kier alpha value is -3.02. The number of halogens is 2. The van der Waals surface area contributed by atoms with Crippen molar-refractivity contribution in [2.24, 2.45) is 5.92 Å². The van der Waals surface area contributed by atoms with Gasteiger partial charge in [-0.3, -0.25) is 4.90 Å². The number of nitrogens with zero attached hydrogens (tertiary/aromatic N) is 4. The Morgan fingerprint density at radius 1 is 1.24 bits per heavy atom. The van der Waals surface area contributed by atoms with Gasteiger partial charge in [0.25, 0.3) is 0 Å². The molecule has 2 amide bonds. The Morgan fingerprint density at radius 2 is 1.90 bits per heavy atom. The lowest BCUT2D eigenvalue weighted by atomic mass is 9.78. The van der Waals surface area contributed by atoms with Gasteiger partial charge in [-0.05, 0) is 95.1 Å². The third-order valence-corrected chi connectivity index (χ3v) is 8.67. The third kappa shape index (κ3) is 6.18. The van der Waals surface area contributed by atoms with Gasteiger partial charge in [0.1, 0.15) is 21.7 Å². The molecule has 3 heterocycles. The largest absolute Gasteiger partial charge is 0.444 e. The van der Waals surface area contributed by atoms with E-state index in [1.165, 1.54) is 11.8 Å². The molecule has 2 aliphatic heterocycles. The van der Waals surface area contributed by atoms with Crippen LogP contribution in [-0.2, 0) is 15.9 Å². The lowest BCUT2D eigenvalue weighted by Crippen LogP contribution is -2.59. The number of anilines is 1. The maximum Gasteiger partial charge on any atom is 0.415 e. The molecule has 0 radical (unpaired) electrons. The van der Waals surface area contributed by atoms with Gasteiger partial charge in [0.2, 0.25) is 0 Å². The first-order chi connectivity index (χ1) is 19.6. The number of benzene rings is 1. The Kier molecular flexibility index (Phi) is 9.06. The highest BCUT2D eigenvalue weighted by Gasteiger charge is 2.59.